The van der Waals surface area contributed by atoms with Crippen molar-refractivity contribution in [2.45, 2.75) is 6.92 Å². The highest BCUT2D eigenvalue weighted by atomic mass is 35.5. The molecule has 0 saturated carbocycles. The van der Waals surface area contributed by atoms with Gasteiger partial charge < -0.3 is 16.3 Å². The molecule has 1 aromatic carbocycles. The smallest absolute Gasteiger partial charge is 0.265 e. The van der Waals surface area contributed by atoms with Crippen LogP contribution in [0.5, 0.6) is 0 Å². The van der Waals surface area contributed by atoms with E-state index in [4.69, 9.17) is 22.5 Å². The molecule has 0 fully saturated rings. The van der Waals surface area contributed by atoms with E-state index in [1.807, 2.05) is 13.0 Å². The summed E-state index contributed by atoms with van der Waals surface area (Å²) in [5.41, 5.74) is 6.37. The van der Waals surface area contributed by atoms with Crippen LogP contribution in [0.4, 0.5) is 5.69 Å². The van der Waals surface area contributed by atoms with Crippen molar-refractivity contribution in [3.63, 3.8) is 0 Å². The number of oxime groups is 1. The van der Waals surface area contributed by atoms with Crippen molar-refractivity contribution in [1.82, 2.24) is 0 Å². The highest BCUT2D eigenvalue weighted by Crippen LogP contribution is 2.23. The van der Waals surface area contributed by atoms with Gasteiger partial charge in [0.2, 0.25) is 0 Å². The van der Waals surface area contributed by atoms with E-state index >= 15 is 0 Å². The number of hydrogen-bond acceptors (Lipinski definition) is 4. The van der Waals surface area contributed by atoms with Gasteiger partial charge in [0.25, 0.3) is 5.91 Å². The predicted octanol–water partition coefficient (Wildman–Crippen LogP) is 3.06. The van der Waals surface area contributed by atoms with Crippen molar-refractivity contribution >= 4 is 40.4 Å². The van der Waals surface area contributed by atoms with Crippen molar-refractivity contribution < 1.29 is 10.0 Å². The topological polar surface area (TPSA) is 87.7 Å². The second-order valence-electron chi connectivity index (χ2n) is 4.04. The van der Waals surface area contributed by atoms with E-state index in [0.717, 1.165) is 4.88 Å². The lowest BCUT2D eigenvalue weighted by molar-refractivity contribution is 0.103. The molecule has 0 saturated heterocycles. The third-order valence-electron chi connectivity index (χ3n) is 2.58. The van der Waals surface area contributed by atoms with Crippen LogP contribution in [0.3, 0.4) is 0 Å². The summed E-state index contributed by atoms with van der Waals surface area (Å²) in [6.07, 6.45) is 0. The van der Waals surface area contributed by atoms with Crippen LogP contribution in [-0.4, -0.2) is 17.0 Å². The van der Waals surface area contributed by atoms with Gasteiger partial charge in [0, 0.05) is 15.5 Å². The highest BCUT2D eigenvalue weighted by Gasteiger charge is 2.13. The van der Waals surface area contributed by atoms with E-state index in [1.165, 1.54) is 11.3 Å². The second-order valence-corrected chi connectivity index (χ2v) is 5.76. The molecule has 104 valence electrons. The maximum atomic E-state index is 12.1. The Labute approximate surface area is 124 Å². The highest BCUT2D eigenvalue weighted by molar-refractivity contribution is 7.14. The second kappa shape index (κ2) is 5.94. The van der Waals surface area contributed by atoms with Gasteiger partial charge in [0.15, 0.2) is 5.84 Å². The molecule has 2 rings (SSSR count). The van der Waals surface area contributed by atoms with Crippen LogP contribution < -0.4 is 11.1 Å². The van der Waals surface area contributed by atoms with E-state index in [0.29, 0.717) is 21.2 Å². The van der Waals surface area contributed by atoms with Gasteiger partial charge in [0.1, 0.15) is 0 Å². The Morgan fingerprint density at radius 3 is 2.75 bits per heavy atom. The van der Waals surface area contributed by atoms with E-state index in [1.54, 1.807) is 24.3 Å². The third kappa shape index (κ3) is 3.09. The quantitative estimate of drug-likeness (QED) is 0.352. The minimum absolute atomic E-state index is 0.0978. The fraction of sp³-hybridized carbons (Fsp3) is 0.0769. The first kappa shape index (κ1) is 14.4. The molecule has 0 spiro atoms. The van der Waals surface area contributed by atoms with Gasteiger partial charge in [-0.3, -0.25) is 4.79 Å². The molecular formula is C13H12ClN3O2S. The number of nitrogens with zero attached hydrogens (tertiary/aromatic N) is 1. The Balaban J connectivity index is 2.33. The van der Waals surface area contributed by atoms with Crippen molar-refractivity contribution in [3.05, 3.63) is 50.7 Å². The third-order valence-corrected chi connectivity index (χ3v) is 3.81. The summed E-state index contributed by atoms with van der Waals surface area (Å²) < 4.78 is 0. The Morgan fingerprint density at radius 1 is 1.40 bits per heavy atom. The molecule has 0 aliphatic rings. The van der Waals surface area contributed by atoms with Crippen LogP contribution in [0.1, 0.15) is 20.1 Å². The summed E-state index contributed by atoms with van der Waals surface area (Å²) >= 11 is 7.29. The van der Waals surface area contributed by atoms with Crippen LogP contribution >= 0.6 is 22.9 Å². The van der Waals surface area contributed by atoms with Crippen LogP contribution in [-0.2, 0) is 0 Å². The number of carbonyl (C=O) groups is 1. The largest absolute Gasteiger partial charge is 0.409 e. The number of rotatable bonds is 3. The number of amides is 1. The van der Waals surface area contributed by atoms with Crippen molar-refractivity contribution in [2.24, 2.45) is 10.9 Å². The van der Waals surface area contributed by atoms with Gasteiger partial charge >= 0.3 is 0 Å². The number of carbonyl (C=O) groups excluding carboxylic acids is 1. The minimum Gasteiger partial charge on any atom is -0.409 e. The molecule has 0 unspecified atom stereocenters. The molecule has 2 aromatic rings. The fourth-order valence-corrected chi connectivity index (χ4v) is 2.57. The van der Waals surface area contributed by atoms with Crippen molar-refractivity contribution in [1.29, 1.82) is 0 Å². The number of amidine groups is 1. The molecule has 0 aliphatic heterocycles. The van der Waals surface area contributed by atoms with Crippen molar-refractivity contribution in [3.8, 4) is 0 Å². The lowest BCUT2D eigenvalue weighted by Gasteiger charge is -2.10. The van der Waals surface area contributed by atoms with Crippen LogP contribution in [0.2, 0.25) is 5.02 Å². The number of anilines is 1. The van der Waals surface area contributed by atoms with Gasteiger partial charge in [-0.15, -0.1) is 11.3 Å². The summed E-state index contributed by atoms with van der Waals surface area (Å²) in [7, 11) is 0. The van der Waals surface area contributed by atoms with Crippen LogP contribution in [0.25, 0.3) is 0 Å². The Kier molecular flexibility index (Phi) is 4.26. The zero-order valence-electron chi connectivity index (χ0n) is 10.6. The number of benzene rings is 1. The Morgan fingerprint density at radius 2 is 2.15 bits per heavy atom. The van der Waals surface area contributed by atoms with E-state index < -0.39 is 0 Å². The average Bonchev–Trinajstić information content (AvgIpc) is 2.85. The molecule has 0 atom stereocenters. The minimum atomic E-state index is -0.266. The van der Waals surface area contributed by atoms with E-state index in [2.05, 4.69) is 10.5 Å². The van der Waals surface area contributed by atoms with Crippen LogP contribution in [0, 0.1) is 6.92 Å². The molecule has 5 nitrogen and oxygen atoms in total. The van der Waals surface area contributed by atoms with Gasteiger partial charge in [-0.05, 0) is 37.3 Å². The maximum absolute atomic E-state index is 12.1. The molecule has 0 radical (unpaired) electrons. The Hall–Kier alpha value is -2.05. The zero-order chi connectivity index (χ0) is 14.7. The molecule has 1 aromatic heterocycles. The molecular weight excluding hydrogens is 298 g/mol. The molecule has 7 heteroatoms. The number of aryl methyl sites for hydroxylation is 1. The Bertz CT molecular complexity index is 682. The van der Waals surface area contributed by atoms with Crippen molar-refractivity contribution in [2.75, 3.05) is 5.32 Å². The molecule has 1 amide bonds. The van der Waals surface area contributed by atoms with E-state index in [9.17, 15) is 4.79 Å². The summed E-state index contributed by atoms with van der Waals surface area (Å²) in [5, 5.41) is 14.8. The summed E-state index contributed by atoms with van der Waals surface area (Å²) in [6.45, 7) is 1.92. The summed E-state index contributed by atoms with van der Waals surface area (Å²) in [6, 6.07) is 8.32. The number of nitrogens with two attached hydrogens (primary N) is 1. The molecule has 0 bridgehead atoms. The standard InChI is InChI=1S/C13H12ClN3O2S/c1-7-2-5-11(20-7)13(18)16-10-6-8(14)3-4-9(10)12(15)17-19/h2-6,19H,1H3,(H2,15,17)(H,16,18). The average molecular weight is 310 g/mol. The van der Waals surface area contributed by atoms with Crippen LogP contribution in [0.15, 0.2) is 35.5 Å². The summed E-state index contributed by atoms with van der Waals surface area (Å²) in [5.74, 6) is -0.364. The predicted molar refractivity (Wildman–Crippen MR) is 81.0 cm³/mol. The van der Waals surface area contributed by atoms with Gasteiger partial charge in [-0.1, -0.05) is 16.8 Å². The fourth-order valence-electron chi connectivity index (χ4n) is 1.64. The van der Waals surface area contributed by atoms with Gasteiger partial charge in [0.05, 0.1) is 10.6 Å². The van der Waals surface area contributed by atoms with Gasteiger partial charge in [-0.25, -0.2) is 0 Å². The number of nitrogens with one attached hydrogen (secondary N) is 1. The summed E-state index contributed by atoms with van der Waals surface area (Å²) in [4.78, 5) is 13.7. The molecule has 1 heterocycles. The monoisotopic (exact) mass is 309 g/mol. The van der Waals surface area contributed by atoms with E-state index in [-0.39, 0.29) is 11.7 Å². The lowest BCUT2D eigenvalue weighted by Crippen LogP contribution is -2.18. The lowest BCUT2D eigenvalue weighted by atomic mass is 10.1. The SMILES string of the molecule is Cc1ccc(C(=O)Nc2cc(Cl)ccc2C(N)=NO)s1. The molecule has 20 heavy (non-hydrogen) atoms. The first-order valence-corrected chi connectivity index (χ1v) is 6.86. The number of halogens is 1. The van der Waals surface area contributed by atoms with Gasteiger partial charge in [-0.2, -0.15) is 0 Å². The number of thiophene rings is 1. The molecule has 0 aliphatic carbocycles. The first-order chi connectivity index (χ1) is 9.51. The number of hydrogen-bond donors (Lipinski definition) is 3. The zero-order valence-corrected chi connectivity index (χ0v) is 12.1. The first-order valence-electron chi connectivity index (χ1n) is 5.66. The maximum Gasteiger partial charge on any atom is 0.265 e. The molecule has 4 N–H and O–H groups in total. The normalized spacial score (nSPS) is 11.4.